The van der Waals surface area contributed by atoms with Crippen LogP contribution >= 0.6 is 0 Å². The van der Waals surface area contributed by atoms with Crippen LogP contribution in [0.5, 0.6) is 0 Å². The molecule has 11 heavy (non-hydrogen) atoms. The van der Waals surface area contributed by atoms with Gasteiger partial charge in [-0.05, 0) is 19.4 Å². The van der Waals surface area contributed by atoms with Crippen LogP contribution in [0.3, 0.4) is 0 Å². The monoisotopic (exact) mass is 164 g/mol. The van der Waals surface area contributed by atoms with Crippen molar-refractivity contribution in [3.63, 3.8) is 0 Å². The Kier molecular flexibility index (Phi) is 2.60. The van der Waals surface area contributed by atoms with E-state index >= 15 is 0 Å². The minimum atomic E-state index is -4.73. The van der Waals surface area contributed by atoms with Gasteiger partial charge in [0.1, 0.15) is 0 Å². The maximum atomic E-state index is 11.8. The van der Waals surface area contributed by atoms with Crippen LogP contribution in [0, 0.1) is 0 Å². The van der Waals surface area contributed by atoms with Crippen LogP contribution in [0.2, 0.25) is 0 Å². The summed E-state index contributed by atoms with van der Waals surface area (Å²) in [6, 6.07) is 0. The van der Waals surface area contributed by atoms with Crippen molar-refractivity contribution in [3.05, 3.63) is 11.5 Å². The van der Waals surface area contributed by atoms with Gasteiger partial charge in [-0.25, -0.2) is 0 Å². The van der Waals surface area contributed by atoms with Gasteiger partial charge >= 0.3 is 6.98 Å². The molecule has 1 aliphatic heterocycles. The number of hydrogen-bond acceptors (Lipinski definition) is 1. The van der Waals surface area contributed by atoms with Gasteiger partial charge in [-0.1, -0.05) is 5.57 Å². The van der Waals surface area contributed by atoms with Crippen molar-refractivity contribution in [3.8, 4) is 0 Å². The standard InChI is InChI=1S/C6H10BF3N/c8-7(9,10)4-6-2-1-3-11-5-6/h4,11H,1-3,5H2/q-1/b6-4-. The molecule has 0 unspecified atom stereocenters. The van der Waals surface area contributed by atoms with Crippen molar-refractivity contribution in [1.29, 1.82) is 0 Å². The van der Waals surface area contributed by atoms with Crippen molar-refractivity contribution in [1.82, 2.24) is 5.32 Å². The van der Waals surface area contributed by atoms with E-state index in [-0.39, 0.29) is 0 Å². The van der Waals surface area contributed by atoms with Gasteiger partial charge < -0.3 is 18.3 Å². The second-order valence-corrected chi connectivity index (χ2v) is 2.73. The molecule has 0 radical (unpaired) electrons. The zero-order valence-electron chi connectivity index (χ0n) is 6.12. The highest BCUT2D eigenvalue weighted by atomic mass is 19.4. The zero-order valence-corrected chi connectivity index (χ0v) is 6.12. The van der Waals surface area contributed by atoms with E-state index in [1.807, 2.05) is 0 Å². The molecule has 1 rings (SSSR count). The second-order valence-electron chi connectivity index (χ2n) is 2.73. The summed E-state index contributed by atoms with van der Waals surface area (Å²) < 4.78 is 35.4. The van der Waals surface area contributed by atoms with Crippen molar-refractivity contribution in [2.45, 2.75) is 12.8 Å². The molecule has 0 aromatic carbocycles. The molecule has 0 atom stereocenters. The highest BCUT2D eigenvalue weighted by Gasteiger charge is 2.20. The Bertz CT molecular complexity index is 156. The molecule has 1 saturated heterocycles. The Morgan fingerprint density at radius 1 is 1.36 bits per heavy atom. The third-order valence-corrected chi connectivity index (χ3v) is 1.63. The SMILES string of the molecule is F[B-](F)(F)/C=C1/CCCNC1. The molecule has 0 aliphatic carbocycles. The highest BCUT2D eigenvalue weighted by molar-refractivity contribution is 6.64. The number of rotatable bonds is 1. The van der Waals surface area contributed by atoms with Gasteiger partial charge in [0.25, 0.3) is 0 Å². The smallest absolute Gasteiger partial charge is 0.445 e. The van der Waals surface area contributed by atoms with Gasteiger partial charge in [0.15, 0.2) is 0 Å². The Hall–Kier alpha value is -0.445. The van der Waals surface area contributed by atoms with Crippen molar-refractivity contribution in [2.75, 3.05) is 13.1 Å². The number of piperidine rings is 1. The first kappa shape index (κ1) is 8.65. The minimum Gasteiger partial charge on any atom is -0.445 e. The van der Waals surface area contributed by atoms with Crippen LogP contribution in [0.4, 0.5) is 12.9 Å². The van der Waals surface area contributed by atoms with Crippen LogP contribution < -0.4 is 5.32 Å². The van der Waals surface area contributed by atoms with E-state index < -0.39 is 6.98 Å². The molecular weight excluding hydrogens is 154 g/mol. The maximum absolute atomic E-state index is 11.8. The normalized spacial score (nSPS) is 24.1. The topological polar surface area (TPSA) is 12.0 Å². The third kappa shape index (κ3) is 3.46. The Morgan fingerprint density at radius 3 is 2.55 bits per heavy atom. The molecule has 5 heteroatoms. The van der Waals surface area contributed by atoms with E-state index in [2.05, 4.69) is 5.32 Å². The average Bonchev–Trinajstić information content (AvgIpc) is 1.85. The summed E-state index contributed by atoms with van der Waals surface area (Å²) in [5.41, 5.74) is 0.490. The second kappa shape index (κ2) is 3.30. The molecule has 64 valence electrons. The van der Waals surface area contributed by atoms with Crippen LogP contribution in [-0.2, 0) is 0 Å². The largest absolute Gasteiger partial charge is 0.502 e. The lowest BCUT2D eigenvalue weighted by molar-refractivity contribution is 0.495. The van der Waals surface area contributed by atoms with E-state index in [0.717, 1.165) is 13.0 Å². The predicted molar refractivity (Wildman–Crippen MR) is 39.3 cm³/mol. The number of nitrogens with one attached hydrogen (secondary N) is 1. The Labute approximate surface area is 63.7 Å². The first-order valence-corrected chi connectivity index (χ1v) is 3.69. The first-order chi connectivity index (χ1) is 5.08. The summed E-state index contributed by atoms with van der Waals surface area (Å²) in [5, 5.41) is 2.90. The van der Waals surface area contributed by atoms with Gasteiger partial charge in [-0.3, -0.25) is 0 Å². The van der Waals surface area contributed by atoms with Crippen molar-refractivity contribution < 1.29 is 12.9 Å². The quantitative estimate of drug-likeness (QED) is 0.581. The summed E-state index contributed by atoms with van der Waals surface area (Å²) in [6.45, 7) is -3.49. The fourth-order valence-electron chi connectivity index (χ4n) is 1.19. The molecule has 1 nitrogen and oxygen atoms in total. The van der Waals surface area contributed by atoms with Crippen molar-refractivity contribution in [2.24, 2.45) is 0 Å². The Morgan fingerprint density at radius 2 is 2.09 bits per heavy atom. The fraction of sp³-hybridized carbons (Fsp3) is 0.667. The van der Waals surface area contributed by atoms with E-state index in [9.17, 15) is 12.9 Å². The molecule has 0 saturated carbocycles. The van der Waals surface area contributed by atoms with Crippen LogP contribution in [0.1, 0.15) is 12.8 Å². The van der Waals surface area contributed by atoms with Crippen LogP contribution in [-0.4, -0.2) is 20.1 Å². The van der Waals surface area contributed by atoms with E-state index in [1.165, 1.54) is 0 Å². The summed E-state index contributed by atoms with van der Waals surface area (Å²) >= 11 is 0. The first-order valence-electron chi connectivity index (χ1n) is 3.69. The molecule has 0 bridgehead atoms. The lowest BCUT2D eigenvalue weighted by Gasteiger charge is -2.18. The lowest BCUT2D eigenvalue weighted by Crippen LogP contribution is -2.26. The van der Waals surface area contributed by atoms with Gasteiger partial charge in [-0.15, -0.1) is 5.98 Å². The summed E-state index contributed by atoms with van der Waals surface area (Å²) in [6.07, 6.45) is 1.41. The van der Waals surface area contributed by atoms with Crippen LogP contribution in [0.25, 0.3) is 0 Å². The highest BCUT2D eigenvalue weighted by Crippen LogP contribution is 2.16. The van der Waals surface area contributed by atoms with Gasteiger partial charge in [0.2, 0.25) is 0 Å². The van der Waals surface area contributed by atoms with Crippen LogP contribution in [0.15, 0.2) is 11.5 Å². The molecule has 1 heterocycles. The molecule has 1 fully saturated rings. The van der Waals surface area contributed by atoms with Gasteiger partial charge in [-0.2, -0.15) is 0 Å². The third-order valence-electron chi connectivity index (χ3n) is 1.63. The molecule has 1 N–H and O–H groups in total. The molecular formula is C6H10BF3N-. The average molecular weight is 164 g/mol. The van der Waals surface area contributed by atoms with Gasteiger partial charge in [0.05, 0.1) is 0 Å². The van der Waals surface area contributed by atoms with E-state index in [0.29, 0.717) is 24.5 Å². The predicted octanol–water partition coefficient (Wildman–Crippen LogP) is 1.68. The summed E-state index contributed by atoms with van der Waals surface area (Å²) in [4.78, 5) is 0. The molecule has 0 aromatic rings. The molecule has 0 amide bonds. The molecule has 1 aliphatic rings. The van der Waals surface area contributed by atoms with E-state index in [1.54, 1.807) is 0 Å². The maximum Gasteiger partial charge on any atom is 0.502 e. The minimum absolute atomic E-state index is 0.404. The number of hydrogen-bond donors (Lipinski definition) is 1. The van der Waals surface area contributed by atoms with Crippen molar-refractivity contribution >= 4 is 6.98 Å². The van der Waals surface area contributed by atoms with Gasteiger partial charge in [0, 0.05) is 6.54 Å². The Balaban J connectivity index is 2.50. The molecule has 0 aromatic heterocycles. The number of halogens is 3. The summed E-state index contributed by atoms with van der Waals surface area (Å²) in [7, 11) is 0. The zero-order chi connectivity index (χ0) is 8.32. The summed E-state index contributed by atoms with van der Waals surface area (Å²) in [5.74, 6) is 0.464. The lowest BCUT2D eigenvalue weighted by atomic mass is 9.86. The molecule has 0 spiro atoms. The fourth-order valence-corrected chi connectivity index (χ4v) is 1.19. The van der Waals surface area contributed by atoms with E-state index in [4.69, 9.17) is 0 Å².